The van der Waals surface area contributed by atoms with Crippen molar-refractivity contribution in [2.24, 2.45) is 11.1 Å². The van der Waals surface area contributed by atoms with Crippen molar-refractivity contribution < 1.29 is 9.53 Å². The molecule has 1 aliphatic heterocycles. The van der Waals surface area contributed by atoms with Crippen LogP contribution in [0.5, 0.6) is 0 Å². The molecule has 0 spiro atoms. The maximum atomic E-state index is 12.6. The standard InChI is InChI=1S/C14H23N3O2/c1-2-6-17-7-5-16-13(17)10-12(18)14(11-15)3-8-19-9-4-14/h5,7H,2-4,6,8-11,15H2,1H3. The van der Waals surface area contributed by atoms with Crippen LogP contribution < -0.4 is 5.73 Å². The molecule has 2 N–H and O–H groups in total. The molecule has 1 aliphatic rings. The SMILES string of the molecule is CCCn1ccnc1CC(=O)C1(CN)CCOCC1. The Morgan fingerprint density at radius 1 is 1.53 bits per heavy atom. The van der Waals surface area contributed by atoms with Gasteiger partial charge in [0.05, 0.1) is 6.42 Å². The highest BCUT2D eigenvalue weighted by atomic mass is 16.5. The Kier molecular flexibility index (Phi) is 4.71. The van der Waals surface area contributed by atoms with Gasteiger partial charge in [0.25, 0.3) is 0 Å². The highest BCUT2D eigenvalue weighted by Gasteiger charge is 2.38. The Balaban J connectivity index is 2.08. The van der Waals surface area contributed by atoms with E-state index in [0.717, 1.165) is 31.6 Å². The molecule has 1 fully saturated rings. The Bertz CT molecular complexity index is 422. The Morgan fingerprint density at radius 3 is 2.89 bits per heavy atom. The van der Waals surface area contributed by atoms with Gasteiger partial charge < -0.3 is 15.0 Å². The number of aromatic nitrogens is 2. The van der Waals surface area contributed by atoms with Crippen molar-refractivity contribution in [2.75, 3.05) is 19.8 Å². The van der Waals surface area contributed by atoms with E-state index in [1.807, 2.05) is 6.20 Å². The van der Waals surface area contributed by atoms with Crippen molar-refractivity contribution in [1.82, 2.24) is 9.55 Å². The number of nitrogens with two attached hydrogens (primary N) is 1. The topological polar surface area (TPSA) is 70.1 Å². The molecule has 5 heteroatoms. The van der Waals surface area contributed by atoms with Crippen molar-refractivity contribution in [2.45, 2.75) is 39.2 Å². The summed E-state index contributed by atoms with van der Waals surface area (Å²) < 4.78 is 7.40. The Labute approximate surface area is 114 Å². The summed E-state index contributed by atoms with van der Waals surface area (Å²) >= 11 is 0. The lowest BCUT2D eigenvalue weighted by atomic mass is 9.75. The minimum atomic E-state index is -0.402. The lowest BCUT2D eigenvalue weighted by Gasteiger charge is -2.34. The minimum absolute atomic E-state index is 0.210. The molecular weight excluding hydrogens is 242 g/mol. The molecule has 1 saturated heterocycles. The van der Waals surface area contributed by atoms with Crippen molar-refractivity contribution in [3.8, 4) is 0 Å². The predicted octanol–water partition coefficient (Wildman–Crippen LogP) is 1.16. The molecule has 2 heterocycles. The van der Waals surface area contributed by atoms with Crippen LogP contribution in [0.4, 0.5) is 0 Å². The number of hydrogen-bond donors (Lipinski definition) is 1. The quantitative estimate of drug-likeness (QED) is 0.838. The zero-order chi connectivity index (χ0) is 13.7. The fraction of sp³-hybridized carbons (Fsp3) is 0.714. The van der Waals surface area contributed by atoms with Gasteiger partial charge in [-0.25, -0.2) is 4.98 Å². The number of ketones is 1. The van der Waals surface area contributed by atoms with E-state index in [2.05, 4.69) is 16.5 Å². The van der Waals surface area contributed by atoms with Crippen LogP contribution in [0.2, 0.25) is 0 Å². The first-order valence-corrected chi connectivity index (χ1v) is 7.03. The fourth-order valence-electron chi connectivity index (χ4n) is 2.64. The Hall–Kier alpha value is -1.20. The van der Waals surface area contributed by atoms with Crippen molar-refractivity contribution >= 4 is 5.78 Å². The molecule has 0 bridgehead atoms. The largest absolute Gasteiger partial charge is 0.381 e. The molecule has 0 aliphatic carbocycles. The second-order valence-electron chi connectivity index (χ2n) is 5.23. The van der Waals surface area contributed by atoms with Gasteiger partial charge in [-0.15, -0.1) is 0 Å². The zero-order valence-corrected chi connectivity index (χ0v) is 11.6. The molecule has 0 saturated carbocycles. The van der Waals surface area contributed by atoms with Crippen molar-refractivity contribution in [3.05, 3.63) is 18.2 Å². The van der Waals surface area contributed by atoms with E-state index in [9.17, 15) is 4.79 Å². The predicted molar refractivity (Wildman–Crippen MR) is 72.8 cm³/mol. The maximum Gasteiger partial charge on any atom is 0.147 e. The van der Waals surface area contributed by atoms with E-state index >= 15 is 0 Å². The first-order chi connectivity index (χ1) is 9.22. The van der Waals surface area contributed by atoms with E-state index in [0.29, 0.717) is 26.2 Å². The molecule has 0 aromatic carbocycles. The van der Waals surface area contributed by atoms with Crippen LogP contribution in [0, 0.1) is 5.41 Å². The average Bonchev–Trinajstić information content (AvgIpc) is 2.87. The summed E-state index contributed by atoms with van der Waals surface area (Å²) in [6.45, 7) is 4.69. The molecule has 19 heavy (non-hydrogen) atoms. The number of carbonyl (C=O) groups is 1. The number of aryl methyl sites for hydroxylation is 1. The smallest absolute Gasteiger partial charge is 0.147 e. The maximum absolute atomic E-state index is 12.6. The number of rotatable bonds is 6. The highest BCUT2D eigenvalue weighted by Crippen LogP contribution is 2.31. The molecule has 5 nitrogen and oxygen atoms in total. The third kappa shape index (κ3) is 3.04. The molecule has 1 aromatic heterocycles. The minimum Gasteiger partial charge on any atom is -0.381 e. The second-order valence-corrected chi connectivity index (χ2v) is 5.23. The summed E-state index contributed by atoms with van der Waals surface area (Å²) in [7, 11) is 0. The van der Waals surface area contributed by atoms with Crippen LogP contribution in [0.1, 0.15) is 32.0 Å². The highest BCUT2D eigenvalue weighted by molar-refractivity contribution is 5.86. The number of ether oxygens (including phenoxy) is 1. The fourth-order valence-corrected chi connectivity index (χ4v) is 2.64. The second kappa shape index (κ2) is 6.30. The molecule has 2 rings (SSSR count). The Morgan fingerprint density at radius 2 is 2.26 bits per heavy atom. The van der Waals surface area contributed by atoms with Gasteiger partial charge in [-0.2, -0.15) is 0 Å². The van der Waals surface area contributed by atoms with E-state index in [4.69, 9.17) is 10.5 Å². The van der Waals surface area contributed by atoms with Crippen molar-refractivity contribution in [3.63, 3.8) is 0 Å². The average molecular weight is 265 g/mol. The van der Waals surface area contributed by atoms with Crippen LogP contribution in [0.3, 0.4) is 0 Å². The van der Waals surface area contributed by atoms with E-state index in [-0.39, 0.29) is 5.78 Å². The summed E-state index contributed by atoms with van der Waals surface area (Å²) in [6, 6.07) is 0. The molecular formula is C14H23N3O2. The van der Waals surface area contributed by atoms with E-state index in [1.54, 1.807) is 6.20 Å². The lowest BCUT2D eigenvalue weighted by molar-refractivity contribution is -0.133. The molecule has 0 unspecified atom stereocenters. The van der Waals surface area contributed by atoms with Gasteiger partial charge >= 0.3 is 0 Å². The van der Waals surface area contributed by atoms with Gasteiger partial charge in [-0.05, 0) is 19.3 Å². The van der Waals surface area contributed by atoms with Crippen LogP contribution >= 0.6 is 0 Å². The van der Waals surface area contributed by atoms with Crippen molar-refractivity contribution in [1.29, 1.82) is 0 Å². The number of hydrogen-bond acceptors (Lipinski definition) is 4. The van der Waals surface area contributed by atoms with Crippen LogP contribution in [-0.2, 0) is 22.5 Å². The van der Waals surface area contributed by atoms with Crippen LogP contribution in [-0.4, -0.2) is 35.1 Å². The number of carbonyl (C=O) groups excluding carboxylic acids is 1. The van der Waals surface area contributed by atoms with Crippen LogP contribution in [0.15, 0.2) is 12.4 Å². The van der Waals surface area contributed by atoms with Gasteiger partial charge in [0.15, 0.2) is 0 Å². The summed E-state index contributed by atoms with van der Waals surface area (Å²) in [6.07, 6.45) is 6.58. The molecule has 0 atom stereocenters. The van der Waals surface area contributed by atoms with Gasteiger partial charge in [0, 0.05) is 44.1 Å². The third-order valence-electron chi connectivity index (χ3n) is 4.02. The van der Waals surface area contributed by atoms with E-state index < -0.39 is 5.41 Å². The zero-order valence-electron chi connectivity index (χ0n) is 11.6. The number of nitrogens with zero attached hydrogens (tertiary/aromatic N) is 2. The van der Waals surface area contributed by atoms with Gasteiger partial charge in [-0.1, -0.05) is 6.92 Å². The number of Topliss-reactive ketones (excluding diaryl/α,β-unsaturated/α-hetero) is 1. The number of imidazole rings is 1. The monoisotopic (exact) mass is 265 g/mol. The van der Waals surface area contributed by atoms with Gasteiger partial charge in [-0.3, -0.25) is 4.79 Å². The third-order valence-corrected chi connectivity index (χ3v) is 4.02. The van der Waals surface area contributed by atoms with E-state index in [1.165, 1.54) is 0 Å². The first kappa shape index (κ1) is 14.2. The summed E-state index contributed by atoms with van der Waals surface area (Å²) in [4.78, 5) is 16.9. The first-order valence-electron chi connectivity index (χ1n) is 7.03. The van der Waals surface area contributed by atoms with Crippen LogP contribution in [0.25, 0.3) is 0 Å². The summed E-state index contributed by atoms with van der Waals surface area (Å²) in [5.74, 6) is 1.06. The molecule has 0 amide bonds. The molecule has 0 radical (unpaired) electrons. The molecule has 1 aromatic rings. The van der Waals surface area contributed by atoms with Gasteiger partial charge in [0.1, 0.15) is 11.6 Å². The van der Waals surface area contributed by atoms with Gasteiger partial charge in [0.2, 0.25) is 0 Å². The molecule has 106 valence electrons. The summed E-state index contributed by atoms with van der Waals surface area (Å²) in [5.41, 5.74) is 5.46. The normalized spacial score (nSPS) is 18.4. The summed E-state index contributed by atoms with van der Waals surface area (Å²) in [5, 5.41) is 0. The lowest BCUT2D eigenvalue weighted by Crippen LogP contribution is -2.44.